The van der Waals surface area contributed by atoms with Crippen molar-refractivity contribution in [2.75, 3.05) is 32.1 Å². The first-order chi connectivity index (χ1) is 6.86. The van der Waals surface area contributed by atoms with Gasteiger partial charge in [-0.3, -0.25) is 0 Å². The summed E-state index contributed by atoms with van der Waals surface area (Å²) < 4.78 is 11.2. The predicted octanol–water partition coefficient (Wildman–Crippen LogP) is 0.885. The summed E-state index contributed by atoms with van der Waals surface area (Å²) in [5.41, 5.74) is 0. The van der Waals surface area contributed by atoms with E-state index in [9.17, 15) is 0 Å². The highest BCUT2D eigenvalue weighted by Crippen LogP contribution is 2.27. The van der Waals surface area contributed by atoms with Crippen molar-refractivity contribution in [3.63, 3.8) is 0 Å². The van der Waals surface area contributed by atoms with E-state index in [1.807, 2.05) is 11.8 Å². The third kappa shape index (κ3) is 2.86. The zero-order chi connectivity index (χ0) is 9.80. The summed E-state index contributed by atoms with van der Waals surface area (Å²) in [6.45, 7) is 5.98. The van der Waals surface area contributed by atoms with Crippen molar-refractivity contribution in [2.45, 2.75) is 30.8 Å². The fourth-order valence-corrected chi connectivity index (χ4v) is 3.18. The van der Waals surface area contributed by atoms with E-state index in [1.165, 1.54) is 6.42 Å². The van der Waals surface area contributed by atoms with Gasteiger partial charge in [0.25, 0.3) is 0 Å². The van der Waals surface area contributed by atoms with Gasteiger partial charge in [0, 0.05) is 30.7 Å². The lowest BCUT2D eigenvalue weighted by Gasteiger charge is -2.24. The number of hydrogen-bond donors (Lipinski definition) is 1. The Labute approximate surface area is 89.9 Å². The van der Waals surface area contributed by atoms with Gasteiger partial charge in [0.1, 0.15) is 0 Å². The molecule has 0 aliphatic carbocycles. The lowest BCUT2D eigenvalue weighted by Crippen LogP contribution is -2.40. The van der Waals surface area contributed by atoms with Crippen LogP contribution >= 0.6 is 11.8 Å². The molecule has 0 amide bonds. The molecule has 2 rings (SSSR count). The van der Waals surface area contributed by atoms with Crippen molar-refractivity contribution in [1.82, 2.24) is 5.32 Å². The maximum atomic E-state index is 5.65. The highest BCUT2D eigenvalue weighted by atomic mass is 32.2. The molecule has 0 aromatic rings. The van der Waals surface area contributed by atoms with Crippen LogP contribution in [0.3, 0.4) is 0 Å². The lowest BCUT2D eigenvalue weighted by molar-refractivity contribution is 0.0439. The second-order valence-corrected chi connectivity index (χ2v) is 5.21. The van der Waals surface area contributed by atoms with E-state index in [4.69, 9.17) is 9.47 Å². The maximum Gasteiger partial charge on any atom is 0.0790 e. The second kappa shape index (κ2) is 5.35. The Morgan fingerprint density at radius 2 is 2.29 bits per heavy atom. The normalized spacial score (nSPS) is 38.8. The molecule has 2 aliphatic heterocycles. The van der Waals surface area contributed by atoms with E-state index in [2.05, 4.69) is 12.2 Å². The van der Waals surface area contributed by atoms with Gasteiger partial charge in [-0.05, 0) is 13.3 Å². The summed E-state index contributed by atoms with van der Waals surface area (Å²) in [4.78, 5) is 0. The van der Waals surface area contributed by atoms with Gasteiger partial charge in [0.05, 0.1) is 18.8 Å². The minimum Gasteiger partial charge on any atom is -0.377 e. The molecular formula is C10H19NO2S. The van der Waals surface area contributed by atoms with E-state index in [0.717, 1.165) is 32.1 Å². The molecule has 0 aromatic carbocycles. The summed E-state index contributed by atoms with van der Waals surface area (Å²) in [5.74, 6) is 1.10. The topological polar surface area (TPSA) is 30.5 Å². The Hall–Kier alpha value is 0.230. The van der Waals surface area contributed by atoms with Crippen molar-refractivity contribution in [2.24, 2.45) is 0 Å². The number of nitrogens with one attached hydrogen (secondary N) is 1. The van der Waals surface area contributed by atoms with Gasteiger partial charge in [-0.25, -0.2) is 0 Å². The van der Waals surface area contributed by atoms with Gasteiger partial charge >= 0.3 is 0 Å². The average molecular weight is 217 g/mol. The SMILES string of the molecule is CC1OCCC1SCC1CNCCO1. The number of ether oxygens (including phenoxy) is 2. The Morgan fingerprint density at radius 3 is 2.93 bits per heavy atom. The summed E-state index contributed by atoms with van der Waals surface area (Å²) in [5, 5.41) is 4.03. The molecule has 0 saturated carbocycles. The van der Waals surface area contributed by atoms with E-state index in [-0.39, 0.29) is 0 Å². The maximum absolute atomic E-state index is 5.65. The van der Waals surface area contributed by atoms with Crippen LogP contribution in [-0.4, -0.2) is 49.5 Å². The van der Waals surface area contributed by atoms with Crippen molar-refractivity contribution < 1.29 is 9.47 Å². The molecule has 2 heterocycles. The number of hydrogen-bond acceptors (Lipinski definition) is 4. The monoisotopic (exact) mass is 217 g/mol. The summed E-state index contributed by atoms with van der Waals surface area (Å²) in [6.07, 6.45) is 2.03. The molecule has 3 atom stereocenters. The molecule has 2 aliphatic rings. The van der Waals surface area contributed by atoms with E-state index >= 15 is 0 Å². The van der Waals surface area contributed by atoms with Crippen LogP contribution in [0.2, 0.25) is 0 Å². The Morgan fingerprint density at radius 1 is 1.36 bits per heavy atom. The van der Waals surface area contributed by atoms with Gasteiger partial charge in [0.15, 0.2) is 0 Å². The lowest BCUT2D eigenvalue weighted by atomic mass is 10.3. The van der Waals surface area contributed by atoms with Gasteiger partial charge in [0.2, 0.25) is 0 Å². The van der Waals surface area contributed by atoms with Crippen LogP contribution in [0.1, 0.15) is 13.3 Å². The van der Waals surface area contributed by atoms with Crippen LogP contribution < -0.4 is 5.32 Å². The smallest absolute Gasteiger partial charge is 0.0790 e. The molecule has 14 heavy (non-hydrogen) atoms. The second-order valence-electron chi connectivity index (χ2n) is 3.93. The van der Waals surface area contributed by atoms with Crippen LogP contribution in [0.4, 0.5) is 0 Å². The largest absolute Gasteiger partial charge is 0.377 e. The summed E-state index contributed by atoms with van der Waals surface area (Å²) in [6, 6.07) is 0. The Bertz CT molecular complexity index is 174. The first-order valence-corrected chi connectivity index (χ1v) is 6.46. The zero-order valence-corrected chi connectivity index (χ0v) is 9.52. The molecule has 2 fully saturated rings. The fraction of sp³-hybridized carbons (Fsp3) is 1.00. The molecule has 3 nitrogen and oxygen atoms in total. The molecule has 3 unspecified atom stereocenters. The third-order valence-corrected chi connectivity index (χ3v) is 4.42. The highest BCUT2D eigenvalue weighted by Gasteiger charge is 2.26. The summed E-state index contributed by atoms with van der Waals surface area (Å²) in [7, 11) is 0. The van der Waals surface area contributed by atoms with E-state index < -0.39 is 0 Å². The molecule has 82 valence electrons. The van der Waals surface area contributed by atoms with E-state index in [0.29, 0.717) is 17.5 Å². The average Bonchev–Trinajstić information content (AvgIpc) is 2.63. The first-order valence-electron chi connectivity index (χ1n) is 5.42. The van der Waals surface area contributed by atoms with Gasteiger partial charge < -0.3 is 14.8 Å². The highest BCUT2D eigenvalue weighted by molar-refractivity contribution is 8.00. The minimum absolute atomic E-state index is 0.404. The Kier molecular flexibility index (Phi) is 4.10. The molecule has 0 bridgehead atoms. The quantitative estimate of drug-likeness (QED) is 0.760. The number of thioether (sulfide) groups is 1. The van der Waals surface area contributed by atoms with Gasteiger partial charge in [-0.2, -0.15) is 11.8 Å². The zero-order valence-electron chi connectivity index (χ0n) is 8.70. The van der Waals surface area contributed by atoms with Crippen molar-refractivity contribution in [3.05, 3.63) is 0 Å². The molecule has 4 heteroatoms. The van der Waals surface area contributed by atoms with Crippen LogP contribution in [0.5, 0.6) is 0 Å². The molecule has 0 spiro atoms. The number of morpholine rings is 1. The first kappa shape index (κ1) is 10.7. The molecule has 0 aromatic heterocycles. The molecule has 1 N–H and O–H groups in total. The van der Waals surface area contributed by atoms with Crippen LogP contribution in [0, 0.1) is 0 Å². The fourth-order valence-electron chi connectivity index (χ4n) is 1.89. The molecule has 2 saturated heterocycles. The van der Waals surface area contributed by atoms with Crippen LogP contribution in [-0.2, 0) is 9.47 Å². The van der Waals surface area contributed by atoms with Crippen molar-refractivity contribution in [3.8, 4) is 0 Å². The molecular weight excluding hydrogens is 198 g/mol. The minimum atomic E-state index is 0.404. The standard InChI is InChI=1S/C10H19NO2S/c1-8-10(2-4-12-8)14-7-9-6-11-3-5-13-9/h8-11H,2-7H2,1H3. The molecule has 0 radical (unpaired) electrons. The van der Waals surface area contributed by atoms with Gasteiger partial charge in [-0.1, -0.05) is 0 Å². The van der Waals surface area contributed by atoms with Crippen LogP contribution in [0.15, 0.2) is 0 Å². The van der Waals surface area contributed by atoms with Crippen molar-refractivity contribution in [1.29, 1.82) is 0 Å². The Balaban J connectivity index is 1.65. The van der Waals surface area contributed by atoms with E-state index in [1.54, 1.807) is 0 Å². The van der Waals surface area contributed by atoms with Crippen molar-refractivity contribution >= 4 is 11.8 Å². The van der Waals surface area contributed by atoms with Gasteiger partial charge in [-0.15, -0.1) is 0 Å². The predicted molar refractivity (Wildman–Crippen MR) is 58.9 cm³/mol. The number of rotatable bonds is 3. The summed E-state index contributed by atoms with van der Waals surface area (Å²) >= 11 is 2.01. The van der Waals surface area contributed by atoms with Crippen LogP contribution in [0.25, 0.3) is 0 Å². The third-order valence-electron chi connectivity index (χ3n) is 2.81.